The minimum absolute atomic E-state index is 0. The number of carbonyl (C=O) groups excluding carboxylic acids is 1. The predicted octanol–water partition coefficient (Wildman–Crippen LogP) is 3.13. The monoisotopic (exact) mass is 402 g/mol. The van der Waals surface area contributed by atoms with E-state index in [1.54, 1.807) is 17.3 Å². The van der Waals surface area contributed by atoms with E-state index < -0.39 is 0 Å². The van der Waals surface area contributed by atoms with E-state index in [0.717, 1.165) is 29.2 Å². The molecule has 0 aliphatic carbocycles. The van der Waals surface area contributed by atoms with Crippen molar-refractivity contribution in [2.45, 2.75) is 0 Å². The van der Waals surface area contributed by atoms with Gasteiger partial charge >= 0.3 is 6.03 Å². The SMILES string of the molecule is Cl.O=C(Nc1cnccc1-c1nc(-c2ccccc2)ns1)N1CCNCC1. The van der Waals surface area contributed by atoms with Crippen LogP contribution in [0.25, 0.3) is 22.0 Å². The topological polar surface area (TPSA) is 83.0 Å². The average molecular weight is 403 g/mol. The molecule has 0 radical (unpaired) electrons. The van der Waals surface area contributed by atoms with Gasteiger partial charge in [0.1, 0.15) is 5.01 Å². The van der Waals surface area contributed by atoms with Crippen LogP contribution in [0.5, 0.6) is 0 Å². The van der Waals surface area contributed by atoms with Crippen molar-refractivity contribution in [3.8, 4) is 22.0 Å². The third-order valence-corrected chi connectivity index (χ3v) is 4.90. The second-order valence-electron chi connectivity index (χ2n) is 5.88. The minimum atomic E-state index is -0.117. The Morgan fingerprint density at radius 3 is 2.70 bits per heavy atom. The molecule has 9 heteroatoms. The Balaban J connectivity index is 0.00000210. The minimum Gasteiger partial charge on any atom is -0.322 e. The highest BCUT2D eigenvalue weighted by Gasteiger charge is 2.19. The molecular formula is C18H19ClN6OS. The summed E-state index contributed by atoms with van der Waals surface area (Å²) in [5, 5.41) is 6.95. The summed E-state index contributed by atoms with van der Waals surface area (Å²) in [6.07, 6.45) is 3.35. The second kappa shape index (κ2) is 8.90. The first-order valence-electron chi connectivity index (χ1n) is 8.41. The quantitative estimate of drug-likeness (QED) is 0.703. The highest BCUT2D eigenvalue weighted by molar-refractivity contribution is 7.09. The molecular weight excluding hydrogens is 384 g/mol. The lowest BCUT2D eigenvalue weighted by molar-refractivity contribution is 0.204. The maximum atomic E-state index is 12.5. The lowest BCUT2D eigenvalue weighted by atomic mass is 10.2. The second-order valence-corrected chi connectivity index (χ2v) is 6.63. The molecule has 0 atom stereocenters. The molecule has 3 heterocycles. The van der Waals surface area contributed by atoms with E-state index in [1.165, 1.54) is 11.5 Å². The number of hydrogen-bond donors (Lipinski definition) is 2. The van der Waals surface area contributed by atoms with Crippen molar-refractivity contribution in [3.63, 3.8) is 0 Å². The van der Waals surface area contributed by atoms with Gasteiger partial charge in [-0.1, -0.05) is 30.3 Å². The van der Waals surface area contributed by atoms with Crippen LogP contribution in [0.1, 0.15) is 0 Å². The van der Waals surface area contributed by atoms with Gasteiger partial charge in [-0.3, -0.25) is 4.98 Å². The molecule has 3 aromatic rings. The van der Waals surface area contributed by atoms with Gasteiger partial charge < -0.3 is 15.5 Å². The molecule has 7 nitrogen and oxygen atoms in total. The number of nitrogens with zero attached hydrogens (tertiary/aromatic N) is 4. The van der Waals surface area contributed by atoms with Crippen LogP contribution in [-0.4, -0.2) is 51.5 Å². The van der Waals surface area contributed by atoms with Crippen molar-refractivity contribution in [1.29, 1.82) is 0 Å². The van der Waals surface area contributed by atoms with E-state index in [2.05, 4.69) is 25.0 Å². The number of hydrogen-bond acceptors (Lipinski definition) is 6. The first-order chi connectivity index (χ1) is 12.8. The zero-order valence-corrected chi connectivity index (χ0v) is 16.1. The van der Waals surface area contributed by atoms with Gasteiger partial charge in [0.2, 0.25) is 0 Å². The number of carbonyl (C=O) groups is 1. The van der Waals surface area contributed by atoms with Gasteiger partial charge in [-0.2, -0.15) is 4.37 Å². The van der Waals surface area contributed by atoms with Crippen molar-refractivity contribution in [2.75, 3.05) is 31.5 Å². The fraction of sp³-hybridized carbons (Fsp3) is 0.222. The van der Waals surface area contributed by atoms with Gasteiger partial charge in [-0.25, -0.2) is 9.78 Å². The van der Waals surface area contributed by atoms with Gasteiger partial charge in [-0.15, -0.1) is 12.4 Å². The number of halogens is 1. The summed E-state index contributed by atoms with van der Waals surface area (Å²) in [6, 6.07) is 11.6. The summed E-state index contributed by atoms with van der Waals surface area (Å²) >= 11 is 1.31. The van der Waals surface area contributed by atoms with Crippen LogP contribution in [0.15, 0.2) is 48.8 Å². The van der Waals surface area contributed by atoms with Gasteiger partial charge in [0.05, 0.1) is 11.9 Å². The summed E-state index contributed by atoms with van der Waals surface area (Å²) in [7, 11) is 0. The van der Waals surface area contributed by atoms with Crippen LogP contribution in [0.4, 0.5) is 10.5 Å². The Labute approximate surface area is 167 Å². The molecule has 1 aromatic carbocycles. The van der Waals surface area contributed by atoms with Crippen LogP contribution < -0.4 is 10.6 Å². The molecule has 27 heavy (non-hydrogen) atoms. The number of nitrogens with one attached hydrogen (secondary N) is 2. The molecule has 140 valence electrons. The average Bonchev–Trinajstić information content (AvgIpc) is 3.20. The van der Waals surface area contributed by atoms with E-state index in [-0.39, 0.29) is 18.4 Å². The molecule has 2 N–H and O–H groups in total. The fourth-order valence-electron chi connectivity index (χ4n) is 2.78. The summed E-state index contributed by atoms with van der Waals surface area (Å²) in [4.78, 5) is 23.1. The summed E-state index contributed by atoms with van der Waals surface area (Å²) in [5.41, 5.74) is 2.44. The van der Waals surface area contributed by atoms with Gasteiger partial charge in [0, 0.05) is 43.5 Å². The molecule has 4 rings (SSSR count). The van der Waals surface area contributed by atoms with Crippen LogP contribution in [0.2, 0.25) is 0 Å². The van der Waals surface area contributed by atoms with E-state index in [1.807, 2.05) is 36.4 Å². The number of rotatable bonds is 3. The third-order valence-electron chi connectivity index (χ3n) is 4.16. The number of pyridine rings is 1. The van der Waals surface area contributed by atoms with Crippen LogP contribution in [-0.2, 0) is 0 Å². The summed E-state index contributed by atoms with van der Waals surface area (Å²) in [6.45, 7) is 3.01. The van der Waals surface area contributed by atoms with E-state index in [4.69, 9.17) is 0 Å². The highest BCUT2D eigenvalue weighted by atomic mass is 35.5. The number of amides is 2. The lowest BCUT2D eigenvalue weighted by Crippen LogP contribution is -2.48. The molecule has 0 bridgehead atoms. The summed E-state index contributed by atoms with van der Waals surface area (Å²) < 4.78 is 4.45. The largest absolute Gasteiger partial charge is 0.322 e. The Kier molecular flexibility index (Phi) is 6.33. The van der Waals surface area contributed by atoms with Crippen molar-refractivity contribution in [2.24, 2.45) is 0 Å². The molecule has 1 fully saturated rings. The molecule has 0 saturated carbocycles. The number of urea groups is 1. The number of aromatic nitrogens is 3. The third kappa shape index (κ3) is 4.41. The molecule has 1 saturated heterocycles. The smallest absolute Gasteiger partial charge is 0.321 e. The first kappa shape index (κ1) is 19.2. The van der Waals surface area contributed by atoms with Gasteiger partial charge in [0.15, 0.2) is 5.82 Å². The van der Waals surface area contributed by atoms with Gasteiger partial charge in [0.25, 0.3) is 0 Å². The molecule has 1 aliphatic heterocycles. The van der Waals surface area contributed by atoms with Crippen LogP contribution >= 0.6 is 23.9 Å². The van der Waals surface area contributed by atoms with E-state index in [0.29, 0.717) is 24.6 Å². The fourth-order valence-corrected chi connectivity index (χ4v) is 3.50. The number of benzene rings is 1. The Hall–Kier alpha value is -2.55. The molecule has 0 spiro atoms. The maximum absolute atomic E-state index is 12.5. The summed E-state index contributed by atoms with van der Waals surface area (Å²) in [5.74, 6) is 0.682. The molecule has 1 aliphatic rings. The number of anilines is 1. The van der Waals surface area contributed by atoms with Crippen LogP contribution in [0.3, 0.4) is 0 Å². The highest BCUT2D eigenvalue weighted by Crippen LogP contribution is 2.31. The maximum Gasteiger partial charge on any atom is 0.321 e. The molecule has 2 aromatic heterocycles. The number of piperazine rings is 1. The zero-order chi connectivity index (χ0) is 17.8. The first-order valence-corrected chi connectivity index (χ1v) is 9.19. The van der Waals surface area contributed by atoms with E-state index >= 15 is 0 Å². The van der Waals surface area contributed by atoms with Crippen LogP contribution in [0, 0.1) is 0 Å². The molecule has 2 amide bonds. The van der Waals surface area contributed by atoms with Crippen molar-refractivity contribution >= 4 is 35.7 Å². The van der Waals surface area contributed by atoms with Crippen molar-refractivity contribution < 1.29 is 4.79 Å². The Morgan fingerprint density at radius 2 is 1.93 bits per heavy atom. The normalized spacial score (nSPS) is 13.7. The Morgan fingerprint density at radius 1 is 1.15 bits per heavy atom. The van der Waals surface area contributed by atoms with Gasteiger partial charge in [-0.05, 0) is 17.6 Å². The predicted molar refractivity (Wildman–Crippen MR) is 109 cm³/mol. The molecule has 0 unspecified atom stereocenters. The van der Waals surface area contributed by atoms with Crippen molar-refractivity contribution in [1.82, 2.24) is 24.6 Å². The standard InChI is InChI=1S/C18H18N6OS.ClH/c25-18(24-10-8-19-9-11-24)21-15-12-20-7-6-14(15)17-22-16(23-26-17)13-4-2-1-3-5-13;/h1-7,12,19H,8-11H2,(H,21,25);1H. The lowest BCUT2D eigenvalue weighted by Gasteiger charge is -2.27. The van der Waals surface area contributed by atoms with Crippen molar-refractivity contribution in [3.05, 3.63) is 48.8 Å². The zero-order valence-electron chi connectivity index (χ0n) is 14.5. The Bertz CT molecular complexity index is 898. The van der Waals surface area contributed by atoms with E-state index in [9.17, 15) is 4.79 Å².